The van der Waals surface area contributed by atoms with Crippen LogP contribution >= 0.6 is 11.8 Å². The summed E-state index contributed by atoms with van der Waals surface area (Å²) in [4.78, 5) is 13.4. The van der Waals surface area contributed by atoms with Crippen molar-refractivity contribution in [3.8, 4) is 0 Å². The molecule has 0 aliphatic heterocycles. The van der Waals surface area contributed by atoms with E-state index in [1.54, 1.807) is 0 Å². The van der Waals surface area contributed by atoms with Crippen molar-refractivity contribution >= 4 is 17.6 Å². The maximum atomic E-state index is 4.48. The molecule has 0 radical (unpaired) electrons. The highest BCUT2D eigenvalue weighted by Crippen LogP contribution is 2.25. The molecule has 0 aliphatic carbocycles. The Morgan fingerprint density at radius 3 is 2.28 bits per heavy atom. The molecule has 0 saturated heterocycles. The van der Waals surface area contributed by atoms with Gasteiger partial charge in [-0.25, -0.2) is 15.0 Å². The fourth-order valence-corrected chi connectivity index (χ4v) is 2.33. The Balaban J connectivity index is 2.28. The van der Waals surface area contributed by atoms with Gasteiger partial charge in [0, 0.05) is 18.4 Å². The van der Waals surface area contributed by atoms with E-state index in [0.29, 0.717) is 0 Å². The maximum absolute atomic E-state index is 4.48. The third-order valence-electron chi connectivity index (χ3n) is 2.79. The molecule has 2 aromatic rings. The van der Waals surface area contributed by atoms with E-state index in [9.17, 15) is 0 Å². The second-order valence-electron chi connectivity index (χ2n) is 4.02. The topological polar surface area (TPSA) is 50.7 Å². The molecule has 1 N–H and O–H groups in total. The quantitative estimate of drug-likeness (QED) is 0.860. The number of hydrogen-bond acceptors (Lipinski definition) is 5. The van der Waals surface area contributed by atoms with E-state index >= 15 is 0 Å². The molecule has 4 nitrogen and oxygen atoms in total. The number of nitrogens with zero attached hydrogens (tertiary/aromatic N) is 3. The zero-order chi connectivity index (χ0) is 13.1. The van der Waals surface area contributed by atoms with Crippen molar-refractivity contribution < 1.29 is 0 Å². The maximum Gasteiger partial charge on any atom is 0.194 e. The second kappa shape index (κ2) is 5.35. The van der Waals surface area contributed by atoms with Gasteiger partial charge in [-0.05, 0) is 50.2 Å². The first-order valence-corrected chi connectivity index (χ1v) is 6.56. The van der Waals surface area contributed by atoms with Crippen molar-refractivity contribution in [1.82, 2.24) is 15.0 Å². The van der Waals surface area contributed by atoms with Gasteiger partial charge in [-0.3, -0.25) is 0 Å². The number of hydrogen-bond donors (Lipinski definition) is 1. The molecule has 18 heavy (non-hydrogen) atoms. The lowest BCUT2D eigenvalue weighted by Crippen LogP contribution is -1.98. The van der Waals surface area contributed by atoms with Crippen LogP contribution in [-0.4, -0.2) is 22.0 Å². The van der Waals surface area contributed by atoms with Gasteiger partial charge in [0.1, 0.15) is 10.8 Å². The summed E-state index contributed by atoms with van der Waals surface area (Å²) >= 11 is 1.48. The Kier molecular flexibility index (Phi) is 3.81. The molecule has 0 bridgehead atoms. The summed E-state index contributed by atoms with van der Waals surface area (Å²) in [6.07, 6.45) is 0. The highest BCUT2D eigenvalue weighted by Gasteiger charge is 2.07. The lowest BCUT2D eigenvalue weighted by atomic mass is 10.2. The van der Waals surface area contributed by atoms with Crippen molar-refractivity contribution in [2.75, 3.05) is 12.4 Å². The molecular weight excluding hydrogens is 244 g/mol. The van der Waals surface area contributed by atoms with Crippen molar-refractivity contribution in [2.45, 2.75) is 31.0 Å². The van der Waals surface area contributed by atoms with Crippen molar-refractivity contribution in [2.24, 2.45) is 0 Å². The van der Waals surface area contributed by atoms with Gasteiger partial charge in [-0.2, -0.15) is 0 Å². The summed E-state index contributed by atoms with van der Waals surface area (Å²) in [6.45, 7) is 6.05. The number of pyridine rings is 1. The molecule has 0 aromatic carbocycles. The van der Waals surface area contributed by atoms with Gasteiger partial charge < -0.3 is 5.32 Å². The van der Waals surface area contributed by atoms with E-state index in [0.717, 1.165) is 33.0 Å². The molecule has 0 aliphatic rings. The Morgan fingerprint density at radius 1 is 1.00 bits per heavy atom. The molecule has 0 atom stereocenters. The van der Waals surface area contributed by atoms with Crippen LogP contribution in [0.25, 0.3) is 0 Å². The minimum Gasteiger partial charge on any atom is -0.373 e. The lowest BCUT2D eigenvalue weighted by molar-refractivity contribution is 0.878. The molecule has 2 heterocycles. The number of aryl methyl sites for hydroxylation is 2. The molecule has 0 saturated carbocycles. The molecule has 0 unspecified atom stereocenters. The summed E-state index contributed by atoms with van der Waals surface area (Å²) in [6, 6.07) is 5.85. The number of rotatable bonds is 3. The van der Waals surface area contributed by atoms with E-state index in [4.69, 9.17) is 0 Å². The Labute approximate surface area is 111 Å². The second-order valence-corrected chi connectivity index (χ2v) is 5.00. The summed E-state index contributed by atoms with van der Waals surface area (Å²) in [5.41, 5.74) is 3.20. The molecule has 2 aromatic heterocycles. The summed E-state index contributed by atoms with van der Waals surface area (Å²) < 4.78 is 0. The Bertz CT molecular complexity index is 546. The zero-order valence-electron chi connectivity index (χ0n) is 11.0. The smallest absolute Gasteiger partial charge is 0.194 e. The average molecular weight is 260 g/mol. The van der Waals surface area contributed by atoms with Crippen LogP contribution in [0.15, 0.2) is 28.4 Å². The van der Waals surface area contributed by atoms with Gasteiger partial charge in [0.15, 0.2) is 5.16 Å². The summed E-state index contributed by atoms with van der Waals surface area (Å²) in [5.74, 6) is 0.848. The van der Waals surface area contributed by atoms with Gasteiger partial charge in [0.05, 0.1) is 0 Å². The van der Waals surface area contributed by atoms with E-state index in [1.807, 2.05) is 46.0 Å². The minimum atomic E-state index is 0.747. The van der Waals surface area contributed by atoms with Gasteiger partial charge in [-0.1, -0.05) is 6.07 Å². The van der Waals surface area contributed by atoms with Crippen LogP contribution in [0.3, 0.4) is 0 Å². The standard InChI is InChI=1S/C13H16N4S/c1-8-9(2)15-13(16-10(8)3)18-12-7-5-6-11(14-4)17-12/h5-7H,1-4H3,(H,14,17). The Morgan fingerprint density at radius 2 is 1.67 bits per heavy atom. The number of aromatic nitrogens is 3. The highest BCUT2D eigenvalue weighted by atomic mass is 32.2. The molecular formula is C13H16N4S. The predicted molar refractivity (Wildman–Crippen MR) is 74.1 cm³/mol. The lowest BCUT2D eigenvalue weighted by Gasteiger charge is -2.07. The first kappa shape index (κ1) is 12.8. The minimum absolute atomic E-state index is 0.747. The monoisotopic (exact) mass is 260 g/mol. The zero-order valence-corrected chi connectivity index (χ0v) is 11.8. The molecule has 0 spiro atoms. The normalized spacial score (nSPS) is 10.4. The third kappa shape index (κ3) is 2.79. The van der Waals surface area contributed by atoms with E-state index in [-0.39, 0.29) is 0 Å². The van der Waals surface area contributed by atoms with Crippen molar-refractivity contribution in [1.29, 1.82) is 0 Å². The number of anilines is 1. The SMILES string of the molecule is CNc1cccc(Sc2nc(C)c(C)c(C)n2)n1. The Hall–Kier alpha value is -1.62. The molecule has 94 valence electrons. The largest absolute Gasteiger partial charge is 0.373 e. The van der Waals surface area contributed by atoms with Crippen LogP contribution in [0.2, 0.25) is 0 Å². The van der Waals surface area contributed by atoms with Gasteiger partial charge in [0.25, 0.3) is 0 Å². The van der Waals surface area contributed by atoms with Gasteiger partial charge >= 0.3 is 0 Å². The molecule has 0 amide bonds. The van der Waals surface area contributed by atoms with Crippen LogP contribution in [0.5, 0.6) is 0 Å². The van der Waals surface area contributed by atoms with Crippen LogP contribution in [-0.2, 0) is 0 Å². The summed E-state index contributed by atoms with van der Waals surface area (Å²) in [5, 5.41) is 4.66. The van der Waals surface area contributed by atoms with E-state index in [1.165, 1.54) is 11.8 Å². The fourth-order valence-electron chi connectivity index (χ4n) is 1.49. The van der Waals surface area contributed by atoms with E-state index < -0.39 is 0 Å². The van der Waals surface area contributed by atoms with Gasteiger partial charge in [0.2, 0.25) is 0 Å². The van der Waals surface area contributed by atoms with E-state index in [2.05, 4.69) is 20.3 Å². The summed E-state index contributed by atoms with van der Waals surface area (Å²) in [7, 11) is 1.85. The highest BCUT2D eigenvalue weighted by molar-refractivity contribution is 7.99. The van der Waals surface area contributed by atoms with Crippen LogP contribution in [0.1, 0.15) is 17.0 Å². The van der Waals surface area contributed by atoms with Crippen molar-refractivity contribution in [3.63, 3.8) is 0 Å². The van der Waals surface area contributed by atoms with Gasteiger partial charge in [-0.15, -0.1) is 0 Å². The first-order valence-electron chi connectivity index (χ1n) is 5.74. The average Bonchev–Trinajstić information content (AvgIpc) is 2.36. The number of nitrogens with one attached hydrogen (secondary N) is 1. The fraction of sp³-hybridized carbons (Fsp3) is 0.308. The molecule has 0 fully saturated rings. The third-order valence-corrected chi connectivity index (χ3v) is 3.59. The van der Waals surface area contributed by atoms with Crippen molar-refractivity contribution in [3.05, 3.63) is 35.2 Å². The molecule has 2 rings (SSSR count). The van der Waals surface area contributed by atoms with Crippen LogP contribution in [0.4, 0.5) is 5.82 Å². The first-order chi connectivity index (χ1) is 8.60. The molecule has 5 heteroatoms. The van der Waals surface area contributed by atoms with Crippen LogP contribution in [0, 0.1) is 20.8 Å². The predicted octanol–water partition coefficient (Wildman–Crippen LogP) is 2.99. The van der Waals surface area contributed by atoms with Crippen LogP contribution < -0.4 is 5.32 Å².